The summed E-state index contributed by atoms with van der Waals surface area (Å²) in [5, 5.41) is 0. The van der Waals surface area contributed by atoms with Crippen LogP contribution in [-0.2, 0) is 9.47 Å². The van der Waals surface area contributed by atoms with E-state index in [2.05, 4.69) is 15.9 Å². The molecule has 1 unspecified atom stereocenters. The van der Waals surface area contributed by atoms with Gasteiger partial charge >= 0.3 is 0 Å². The van der Waals surface area contributed by atoms with Crippen molar-refractivity contribution >= 4 is 15.9 Å². The Morgan fingerprint density at radius 3 is 2.59 bits per heavy atom. The minimum absolute atomic E-state index is 0.317. The first-order valence-corrected chi connectivity index (χ1v) is 6.11. The lowest BCUT2D eigenvalue weighted by Crippen LogP contribution is -2.23. The summed E-state index contributed by atoms with van der Waals surface area (Å²) < 4.78 is 22.2. The van der Waals surface area contributed by atoms with Crippen molar-refractivity contribution in [2.24, 2.45) is 0 Å². The highest BCUT2D eigenvalue weighted by Crippen LogP contribution is 2.30. The Labute approximate surface area is 110 Å². The Morgan fingerprint density at radius 2 is 2.00 bits per heavy atom. The molecule has 0 aliphatic rings. The Hall–Kier alpha value is -0.780. The summed E-state index contributed by atoms with van der Waals surface area (Å²) in [5.41, 5.74) is 0. The van der Waals surface area contributed by atoms with Gasteiger partial charge in [0, 0.05) is 18.2 Å². The van der Waals surface area contributed by atoms with E-state index in [1.54, 1.807) is 14.2 Å². The van der Waals surface area contributed by atoms with Crippen LogP contribution in [0.2, 0.25) is 0 Å². The highest BCUT2D eigenvalue weighted by Gasteiger charge is 2.10. The predicted octanol–water partition coefficient (Wildman–Crippen LogP) is 2.85. The summed E-state index contributed by atoms with van der Waals surface area (Å²) in [5.74, 6) is 1.34. The van der Waals surface area contributed by atoms with Crippen LogP contribution in [0.25, 0.3) is 0 Å². The Balaban J connectivity index is 2.63. The Kier molecular flexibility index (Phi) is 6.32. The van der Waals surface area contributed by atoms with Gasteiger partial charge in [0.25, 0.3) is 0 Å². The first-order valence-electron chi connectivity index (χ1n) is 5.32. The lowest BCUT2D eigenvalue weighted by Gasteiger charge is -2.17. The van der Waals surface area contributed by atoms with E-state index in [1.165, 1.54) is 0 Å². The first-order chi connectivity index (χ1) is 8.21. The van der Waals surface area contributed by atoms with Crippen molar-refractivity contribution in [2.75, 3.05) is 27.4 Å². The van der Waals surface area contributed by atoms with E-state index in [0.717, 1.165) is 4.47 Å². The highest BCUT2D eigenvalue weighted by molar-refractivity contribution is 9.10. The quantitative estimate of drug-likeness (QED) is 0.726. The molecule has 0 saturated heterocycles. The molecule has 0 fully saturated rings. The van der Waals surface area contributed by atoms with Gasteiger partial charge < -0.3 is 18.9 Å². The molecule has 0 bridgehead atoms. The van der Waals surface area contributed by atoms with Gasteiger partial charge in [-0.15, -0.1) is 0 Å². The van der Waals surface area contributed by atoms with Crippen LogP contribution < -0.4 is 9.47 Å². The molecule has 0 spiro atoms. The maximum atomic E-state index is 5.61. The summed E-state index contributed by atoms with van der Waals surface area (Å²) >= 11 is 3.38. The van der Waals surface area contributed by atoms with Gasteiger partial charge in [0.15, 0.2) is 17.8 Å². The van der Waals surface area contributed by atoms with E-state index in [9.17, 15) is 0 Å². The van der Waals surface area contributed by atoms with E-state index in [1.807, 2.05) is 25.1 Å². The molecule has 0 aromatic heterocycles. The third-order valence-electron chi connectivity index (χ3n) is 2.12. The zero-order valence-electron chi connectivity index (χ0n) is 10.2. The Morgan fingerprint density at radius 1 is 1.24 bits per heavy atom. The van der Waals surface area contributed by atoms with E-state index in [4.69, 9.17) is 18.9 Å². The highest BCUT2D eigenvalue weighted by atomic mass is 79.9. The lowest BCUT2D eigenvalue weighted by atomic mass is 10.3. The zero-order valence-corrected chi connectivity index (χ0v) is 11.8. The smallest absolute Gasteiger partial charge is 0.191 e. The molecule has 1 aromatic rings. The van der Waals surface area contributed by atoms with Crippen LogP contribution in [0, 0.1) is 0 Å². The standard InChI is InChI=1S/C12H17BrO4/c1-4-16-12(15-3)8-17-11-7-9(13)5-6-10(11)14-2/h5-7,12H,4,8H2,1-3H3. The summed E-state index contributed by atoms with van der Waals surface area (Å²) in [6, 6.07) is 5.57. The number of halogens is 1. The normalized spacial score (nSPS) is 12.2. The molecule has 17 heavy (non-hydrogen) atoms. The number of hydrogen-bond acceptors (Lipinski definition) is 4. The molecule has 96 valence electrons. The third-order valence-corrected chi connectivity index (χ3v) is 2.61. The summed E-state index contributed by atoms with van der Waals surface area (Å²) in [6.07, 6.45) is -0.372. The molecule has 1 aromatic carbocycles. The average Bonchev–Trinajstić information content (AvgIpc) is 2.34. The van der Waals surface area contributed by atoms with Gasteiger partial charge in [-0.05, 0) is 25.1 Å². The fourth-order valence-electron chi connectivity index (χ4n) is 1.29. The fraction of sp³-hybridized carbons (Fsp3) is 0.500. The van der Waals surface area contributed by atoms with Gasteiger partial charge in [0.2, 0.25) is 0 Å². The molecule has 1 rings (SSSR count). The van der Waals surface area contributed by atoms with Crippen LogP contribution in [-0.4, -0.2) is 33.7 Å². The molecule has 0 aliphatic carbocycles. The number of rotatable bonds is 7. The van der Waals surface area contributed by atoms with Gasteiger partial charge in [-0.2, -0.15) is 0 Å². The van der Waals surface area contributed by atoms with Crippen molar-refractivity contribution < 1.29 is 18.9 Å². The topological polar surface area (TPSA) is 36.9 Å². The zero-order chi connectivity index (χ0) is 12.7. The van der Waals surface area contributed by atoms with Gasteiger partial charge in [0.05, 0.1) is 7.11 Å². The van der Waals surface area contributed by atoms with Crippen LogP contribution in [0.5, 0.6) is 11.5 Å². The second kappa shape index (κ2) is 7.53. The minimum Gasteiger partial charge on any atom is -0.493 e. The monoisotopic (exact) mass is 304 g/mol. The van der Waals surface area contributed by atoms with Crippen LogP contribution >= 0.6 is 15.9 Å². The largest absolute Gasteiger partial charge is 0.493 e. The van der Waals surface area contributed by atoms with Crippen molar-refractivity contribution in [3.63, 3.8) is 0 Å². The third kappa shape index (κ3) is 4.53. The molecule has 0 aliphatic heterocycles. The number of methoxy groups -OCH3 is 2. The molecular formula is C12H17BrO4. The van der Waals surface area contributed by atoms with Gasteiger partial charge in [-0.1, -0.05) is 15.9 Å². The first kappa shape index (κ1) is 14.3. The van der Waals surface area contributed by atoms with Crippen LogP contribution in [0.3, 0.4) is 0 Å². The second-order valence-electron chi connectivity index (χ2n) is 3.23. The summed E-state index contributed by atoms with van der Waals surface area (Å²) in [4.78, 5) is 0. The van der Waals surface area contributed by atoms with Gasteiger partial charge in [-0.3, -0.25) is 0 Å². The molecule has 0 saturated carbocycles. The summed E-state index contributed by atoms with van der Waals surface area (Å²) in [6.45, 7) is 2.81. The summed E-state index contributed by atoms with van der Waals surface area (Å²) in [7, 11) is 3.19. The molecule has 4 nitrogen and oxygen atoms in total. The van der Waals surface area contributed by atoms with Crippen molar-refractivity contribution in [1.29, 1.82) is 0 Å². The molecule has 0 radical (unpaired) electrons. The maximum Gasteiger partial charge on any atom is 0.191 e. The van der Waals surface area contributed by atoms with Gasteiger partial charge in [0.1, 0.15) is 6.61 Å². The molecule has 0 amide bonds. The van der Waals surface area contributed by atoms with Crippen molar-refractivity contribution in [3.05, 3.63) is 22.7 Å². The molecule has 1 atom stereocenters. The average molecular weight is 305 g/mol. The predicted molar refractivity (Wildman–Crippen MR) is 68.6 cm³/mol. The molecular weight excluding hydrogens is 288 g/mol. The van der Waals surface area contributed by atoms with Crippen molar-refractivity contribution in [2.45, 2.75) is 13.2 Å². The molecule has 0 N–H and O–H groups in total. The second-order valence-corrected chi connectivity index (χ2v) is 4.14. The number of hydrogen-bond donors (Lipinski definition) is 0. The van der Waals surface area contributed by atoms with Crippen LogP contribution in [0.15, 0.2) is 22.7 Å². The van der Waals surface area contributed by atoms with Crippen LogP contribution in [0.4, 0.5) is 0 Å². The van der Waals surface area contributed by atoms with Gasteiger partial charge in [-0.25, -0.2) is 0 Å². The van der Waals surface area contributed by atoms with Crippen molar-refractivity contribution in [1.82, 2.24) is 0 Å². The Bertz CT molecular complexity index is 343. The van der Waals surface area contributed by atoms with E-state index >= 15 is 0 Å². The number of ether oxygens (including phenoxy) is 4. The van der Waals surface area contributed by atoms with E-state index < -0.39 is 0 Å². The lowest BCUT2D eigenvalue weighted by molar-refractivity contribution is -0.137. The van der Waals surface area contributed by atoms with Crippen molar-refractivity contribution in [3.8, 4) is 11.5 Å². The maximum absolute atomic E-state index is 5.61. The van der Waals surface area contributed by atoms with E-state index in [0.29, 0.717) is 24.7 Å². The fourth-order valence-corrected chi connectivity index (χ4v) is 1.63. The molecule has 5 heteroatoms. The molecule has 0 heterocycles. The SMILES string of the molecule is CCOC(COc1cc(Br)ccc1OC)OC. The number of benzene rings is 1. The van der Waals surface area contributed by atoms with E-state index in [-0.39, 0.29) is 6.29 Å². The van der Waals surface area contributed by atoms with Crippen LogP contribution in [0.1, 0.15) is 6.92 Å². The minimum atomic E-state index is -0.372.